The third-order valence-corrected chi connectivity index (χ3v) is 5.25. The lowest BCUT2D eigenvalue weighted by Gasteiger charge is -2.22. The van der Waals surface area contributed by atoms with Crippen molar-refractivity contribution >= 4 is 0 Å². The molecule has 2 heterocycles. The maximum atomic E-state index is 6.24. The molecule has 2 aromatic carbocycles. The third kappa shape index (κ3) is 3.90. The number of para-hydroxylation sites is 1. The highest BCUT2D eigenvalue weighted by Gasteiger charge is 2.19. The van der Waals surface area contributed by atoms with Gasteiger partial charge >= 0.3 is 0 Å². The Morgan fingerprint density at radius 2 is 1.82 bits per heavy atom. The standard InChI is InChI=1S/C23H27N3O2/c1-3-17-6-4-5-7-21(17)26-22(18-8-10-19(27-2)11-9-18)16-23(25-26)28-20-12-14-24-15-13-20/h4-11,16,20,24H,3,12-15H2,1-2H3. The first kappa shape index (κ1) is 18.6. The molecule has 146 valence electrons. The first-order chi connectivity index (χ1) is 13.8. The van der Waals surface area contributed by atoms with Gasteiger partial charge in [0.25, 0.3) is 0 Å². The highest BCUT2D eigenvalue weighted by molar-refractivity contribution is 5.65. The van der Waals surface area contributed by atoms with Crippen LogP contribution in [0.5, 0.6) is 11.6 Å². The van der Waals surface area contributed by atoms with Crippen LogP contribution in [0, 0.1) is 0 Å². The third-order valence-electron chi connectivity index (χ3n) is 5.25. The maximum absolute atomic E-state index is 6.24. The summed E-state index contributed by atoms with van der Waals surface area (Å²) in [5, 5.41) is 8.22. The monoisotopic (exact) mass is 377 g/mol. The fraction of sp³-hybridized carbons (Fsp3) is 0.348. The molecule has 0 aliphatic carbocycles. The molecular formula is C23H27N3O2. The predicted octanol–water partition coefficient (Wildman–Crippen LogP) is 4.24. The Bertz CT molecular complexity index is 912. The van der Waals surface area contributed by atoms with E-state index in [1.165, 1.54) is 5.56 Å². The van der Waals surface area contributed by atoms with E-state index in [0.29, 0.717) is 5.88 Å². The van der Waals surface area contributed by atoms with Crippen LogP contribution in [0.15, 0.2) is 54.6 Å². The Morgan fingerprint density at radius 3 is 2.54 bits per heavy atom. The van der Waals surface area contributed by atoms with Gasteiger partial charge in [0.2, 0.25) is 5.88 Å². The van der Waals surface area contributed by atoms with Gasteiger partial charge in [0.05, 0.1) is 18.5 Å². The molecule has 1 aliphatic heterocycles. The topological polar surface area (TPSA) is 48.3 Å². The highest BCUT2D eigenvalue weighted by atomic mass is 16.5. The molecule has 4 rings (SSSR count). The van der Waals surface area contributed by atoms with Gasteiger partial charge in [0.1, 0.15) is 11.9 Å². The van der Waals surface area contributed by atoms with Crippen LogP contribution in [0.4, 0.5) is 0 Å². The summed E-state index contributed by atoms with van der Waals surface area (Å²) in [6.45, 7) is 4.16. The minimum absolute atomic E-state index is 0.217. The summed E-state index contributed by atoms with van der Waals surface area (Å²) >= 11 is 0. The van der Waals surface area contributed by atoms with E-state index < -0.39 is 0 Å². The van der Waals surface area contributed by atoms with Crippen molar-refractivity contribution in [3.8, 4) is 28.6 Å². The normalized spacial score (nSPS) is 14.8. The van der Waals surface area contributed by atoms with Crippen molar-refractivity contribution in [1.29, 1.82) is 0 Å². The number of aryl methyl sites for hydroxylation is 1. The molecule has 1 N–H and O–H groups in total. The van der Waals surface area contributed by atoms with E-state index >= 15 is 0 Å². The minimum atomic E-state index is 0.217. The molecule has 1 aromatic heterocycles. The van der Waals surface area contributed by atoms with Crippen LogP contribution in [-0.4, -0.2) is 36.1 Å². The number of methoxy groups -OCH3 is 1. The average molecular weight is 377 g/mol. The van der Waals surface area contributed by atoms with E-state index in [-0.39, 0.29) is 6.10 Å². The summed E-state index contributed by atoms with van der Waals surface area (Å²) < 4.78 is 13.6. The van der Waals surface area contributed by atoms with Crippen LogP contribution in [-0.2, 0) is 6.42 Å². The van der Waals surface area contributed by atoms with Gasteiger partial charge in [-0.1, -0.05) is 25.1 Å². The molecule has 0 saturated carbocycles. The Hall–Kier alpha value is -2.79. The fourth-order valence-electron chi connectivity index (χ4n) is 3.67. The van der Waals surface area contributed by atoms with E-state index in [1.807, 2.05) is 16.8 Å². The van der Waals surface area contributed by atoms with E-state index in [9.17, 15) is 0 Å². The summed E-state index contributed by atoms with van der Waals surface area (Å²) in [6, 6.07) is 18.5. The van der Waals surface area contributed by atoms with E-state index in [2.05, 4.69) is 54.7 Å². The molecule has 28 heavy (non-hydrogen) atoms. The van der Waals surface area contributed by atoms with Crippen LogP contribution in [0.25, 0.3) is 16.9 Å². The molecule has 5 heteroatoms. The second-order valence-electron chi connectivity index (χ2n) is 7.06. The van der Waals surface area contributed by atoms with Crippen molar-refractivity contribution in [3.63, 3.8) is 0 Å². The average Bonchev–Trinajstić information content (AvgIpc) is 3.18. The molecule has 3 aromatic rings. The lowest BCUT2D eigenvalue weighted by atomic mass is 10.1. The largest absolute Gasteiger partial charge is 0.497 e. The van der Waals surface area contributed by atoms with Crippen molar-refractivity contribution in [1.82, 2.24) is 15.1 Å². The molecule has 0 unspecified atom stereocenters. The Labute approximate surface area is 166 Å². The predicted molar refractivity (Wildman–Crippen MR) is 111 cm³/mol. The molecule has 0 bridgehead atoms. The number of aromatic nitrogens is 2. The van der Waals surface area contributed by atoms with E-state index in [0.717, 1.165) is 55.0 Å². The van der Waals surface area contributed by atoms with Crippen molar-refractivity contribution in [3.05, 3.63) is 60.2 Å². The number of nitrogens with zero attached hydrogens (tertiary/aromatic N) is 2. The smallest absolute Gasteiger partial charge is 0.234 e. The number of ether oxygens (including phenoxy) is 2. The van der Waals surface area contributed by atoms with Crippen molar-refractivity contribution in [2.45, 2.75) is 32.3 Å². The SMILES string of the molecule is CCc1ccccc1-n1nc(OC2CCNCC2)cc1-c1ccc(OC)cc1. The lowest BCUT2D eigenvalue weighted by Crippen LogP contribution is -2.34. The van der Waals surface area contributed by atoms with Gasteiger partial charge < -0.3 is 14.8 Å². The number of hydrogen-bond acceptors (Lipinski definition) is 4. The van der Waals surface area contributed by atoms with Gasteiger partial charge in [0.15, 0.2) is 0 Å². The fourth-order valence-corrected chi connectivity index (χ4v) is 3.67. The highest BCUT2D eigenvalue weighted by Crippen LogP contribution is 2.30. The number of nitrogens with one attached hydrogen (secondary N) is 1. The van der Waals surface area contributed by atoms with Crippen LogP contribution in [0.3, 0.4) is 0 Å². The first-order valence-corrected chi connectivity index (χ1v) is 9.98. The molecule has 1 aliphatic rings. The number of hydrogen-bond donors (Lipinski definition) is 1. The van der Waals surface area contributed by atoms with Crippen molar-refractivity contribution in [2.24, 2.45) is 0 Å². The number of rotatable bonds is 6. The Kier molecular flexibility index (Phi) is 5.63. The van der Waals surface area contributed by atoms with Gasteiger partial charge in [-0.3, -0.25) is 0 Å². The summed E-state index contributed by atoms with van der Waals surface area (Å²) in [5.74, 6) is 1.53. The molecule has 1 saturated heterocycles. The maximum Gasteiger partial charge on any atom is 0.234 e. The molecule has 5 nitrogen and oxygen atoms in total. The minimum Gasteiger partial charge on any atom is -0.497 e. The second kappa shape index (κ2) is 8.48. The first-order valence-electron chi connectivity index (χ1n) is 9.98. The second-order valence-corrected chi connectivity index (χ2v) is 7.06. The van der Waals surface area contributed by atoms with Crippen LogP contribution in [0.2, 0.25) is 0 Å². The summed E-state index contributed by atoms with van der Waals surface area (Å²) in [7, 11) is 1.68. The molecule has 0 spiro atoms. The van der Waals surface area contributed by atoms with Crippen LogP contribution >= 0.6 is 0 Å². The van der Waals surface area contributed by atoms with Crippen LogP contribution in [0.1, 0.15) is 25.3 Å². The Morgan fingerprint density at radius 1 is 1.07 bits per heavy atom. The van der Waals surface area contributed by atoms with E-state index in [1.54, 1.807) is 7.11 Å². The van der Waals surface area contributed by atoms with Gasteiger partial charge in [-0.25, -0.2) is 4.68 Å². The van der Waals surface area contributed by atoms with Crippen molar-refractivity contribution in [2.75, 3.05) is 20.2 Å². The van der Waals surface area contributed by atoms with Gasteiger partial charge in [-0.2, -0.15) is 0 Å². The zero-order chi connectivity index (χ0) is 19.3. The summed E-state index contributed by atoms with van der Waals surface area (Å²) in [6.07, 6.45) is 3.18. The molecule has 1 fully saturated rings. The molecular weight excluding hydrogens is 350 g/mol. The number of benzene rings is 2. The Balaban J connectivity index is 1.75. The van der Waals surface area contributed by atoms with Gasteiger partial charge in [-0.15, -0.1) is 5.10 Å². The quantitative estimate of drug-likeness (QED) is 0.698. The van der Waals surface area contributed by atoms with Gasteiger partial charge in [0, 0.05) is 11.6 Å². The zero-order valence-corrected chi connectivity index (χ0v) is 16.5. The molecule has 0 radical (unpaired) electrons. The molecule has 0 amide bonds. The lowest BCUT2D eigenvalue weighted by molar-refractivity contribution is 0.155. The van der Waals surface area contributed by atoms with Crippen molar-refractivity contribution < 1.29 is 9.47 Å². The van der Waals surface area contributed by atoms with Crippen LogP contribution < -0.4 is 14.8 Å². The van der Waals surface area contributed by atoms with Gasteiger partial charge in [-0.05, 0) is 68.2 Å². The van der Waals surface area contributed by atoms with E-state index in [4.69, 9.17) is 14.6 Å². The summed E-state index contributed by atoms with van der Waals surface area (Å²) in [4.78, 5) is 0. The summed E-state index contributed by atoms with van der Waals surface area (Å²) in [5.41, 5.74) is 4.46. The zero-order valence-electron chi connectivity index (χ0n) is 16.5. The number of piperidine rings is 1. The molecule has 0 atom stereocenters.